The number of halogens is 2. The predicted molar refractivity (Wildman–Crippen MR) is 571 cm³/mol. The number of ether oxygens (including phenoxy) is 3. The van der Waals surface area contributed by atoms with E-state index in [0.717, 1.165) is 42.2 Å². The van der Waals surface area contributed by atoms with E-state index in [1.165, 1.54) is 77.0 Å². The molecule has 42 nitrogen and oxygen atoms in total. The van der Waals surface area contributed by atoms with Gasteiger partial charge in [-0.05, 0) is 184 Å². The standard InChI is InChI=1S/C17H17N3O3.C16H16N2O4.2C15H18N2O3.C13H15N3O3.C12H20N4O2.C8H6Cl2O3.C8H15N5S/c1-9(2)17(3)16(23)19-14(20-17)13-11(15(21)22)8-10-6-4-5-7-12(10)18-13;1-2-21-15(19)18-13-9-6-10-14(11-13)22-16(20)17-12-7-4-3-5-8-12;1-8(2)15(4)14(20)16-12(17-15)11-7-9(3)5-6-10(11)13(18)19;1-8(2)15(4)14(20)16-12(17-15)10-6-5-9(3)7-11(10)13(18)19;1-7(2)13(3)12(19)15-10(16-13)9-8(11(17)18)5-4-6-14-9;1-14(2)10-13-11(17)16(12(18)15(10)3)9-7-5-4-6-8-9;1-13-7-5(10)3-2-4(9)6(7)8(11)12;1-5(2)10-7-11-6(9-3)12-8(13-7)14-4/h4-9H,1-3H3,(H,21,22)(H,19,20,23);3-11H,2H2,1H3,(H,17,20)(H,18,19);2*5-8H,1-4H3,(H,18,19)(H,16,17,20);4-7H,1-3H3,(H,17,18)(H,15,16,19);9H,4-8H2,1-3H3;2-3H,1H3,(H,11,12);5H,1-4H3,(H2,9,10,11,12,13). The summed E-state index contributed by atoms with van der Waals surface area (Å²) in [6, 6.07) is 40.5. The molecular weight excluding hydrogens is 1980 g/mol. The smallest absolute Gasteiger partial charge is 0.417 e. The number of amidine groups is 4. The Morgan fingerprint density at radius 1 is 0.517 bits per heavy atom. The Kier molecular flexibility index (Phi) is 41.6. The second kappa shape index (κ2) is 52.4. The number of anilines is 5. The highest BCUT2D eigenvalue weighted by atomic mass is 35.5. The second-order valence-corrected chi connectivity index (χ2v) is 38.4. The van der Waals surface area contributed by atoms with Crippen LogP contribution in [0.4, 0.5) is 38.8 Å². The number of benzene rings is 6. The van der Waals surface area contributed by atoms with Crippen molar-refractivity contribution in [1.82, 2.24) is 60.3 Å². The van der Waals surface area contributed by atoms with Gasteiger partial charge in [-0.15, -0.1) is 0 Å². The lowest BCUT2D eigenvalue weighted by atomic mass is 9.89. The fraction of sp³-hybridized carbons (Fsp3) is 0.375. The molecule has 149 heavy (non-hydrogen) atoms. The van der Waals surface area contributed by atoms with Crippen molar-refractivity contribution in [3.8, 4) is 11.5 Å². The van der Waals surface area contributed by atoms with Gasteiger partial charge in [0.2, 0.25) is 17.8 Å². The number of hydrogen-bond acceptors (Lipinski definition) is 30. The third kappa shape index (κ3) is 30.2. The van der Waals surface area contributed by atoms with Crippen LogP contribution in [0.2, 0.25) is 10.0 Å². The van der Waals surface area contributed by atoms with Crippen LogP contribution < -0.4 is 68.3 Å². The van der Waals surface area contributed by atoms with Gasteiger partial charge in [-0.1, -0.05) is 181 Å². The number of carbonyl (C=O) groups excluding carboxylic acids is 6. The first-order valence-electron chi connectivity index (χ1n) is 47.2. The van der Waals surface area contributed by atoms with E-state index in [4.69, 9.17) is 47.6 Å². The molecule has 4 atom stereocenters. The molecule has 8 heterocycles. The quantitative estimate of drug-likeness (QED) is 0.0250. The number of hydrogen-bond donors (Lipinski definition) is 13. The lowest BCUT2D eigenvalue weighted by Crippen LogP contribution is -2.45. The summed E-state index contributed by atoms with van der Waals surface area (Å²) in [5.74, 6) is -3.15. The average Bonchev–Trinajstić information content (AvgIpc) is 1.62. The lowest BCUT2D eigenvalue weighted by molar-refractivity contribution is -0.125. The Bertz CT molecular complexity index is 6910. The molecule has 6 amide bonds. The van der Waals surface area contributed by atoms with Gasteiger partial charge in [0.25, 0.3) is 23.6 Å². The van der Waals surface area contributed by atoms with Crippen molar-refractivity contribution in [3.05, 3.63) is 244 Å². The number of aromatic nitrogens is 8. The van der Waals surface area contributed by atoms with Crippen molar-refractivity contribution < 1.29 is 92.5 Å². The largest absolute Gasteiger partial charge is 0.494 e. The van der Waals surface area contributed by atoms with Crippen molar-refractivity contribution in [2.24, 2.45) is 50.7 Å². The number of carboxylic acids is 5. The van der Waals surface area contributed by atoms with E-state index >= 15 is 0 Å². The zero-order valence-corrected chi connectivity index (χ0v) is 89.2. The number of aryl methyl sites for hydroxylation is 2. The number of thioether (sulfide) groups is 1. The Labute approximate surface area is 874 Å². The van der Waals surface area contributed by atoms with Gasteiger partial charge in [0.1, 0.15) is 56.5 Å². The number of amides is 6. The first-order chi connectivity index (χ1) is 70.1. The third-order valence-corrected chi connectivity index (χ3v) is 25.6. The van der Waals surface area contributed by atoms with E-state index < -0.39 is 69.9 Å². The minimum absolute atomic E-state index is 0.00184. The van der Waals surface area contributed by atoms with E-state index in [9.17, 15) is 77.6 Å². The van der Waals surface area contributed by atoms with Crippen LogP contribution in [0, 0.1) is 37.5 Å². The summed E-state index contributed by atoms with van der Waals surface area (Å²) in [7, 11) is 8.32. The maximum atomic E-state index is 12.3. The van der Waals surface area contributed by atoms with Gasteiger partial charge in [0, 0.05) is 80.4 Å². The number of nitrogens with one attached hydrogen (secondary N) is 8. The van der Waals surface area contributed by atoms with E-state index in [1.54, 1.807) is 153 Å². The zero-order chi connectivity index (χ0) is 111. The average molecular weight is 2110 g/mol. The maximum absolute atomic E-state index is 12.3. The molecule has 13 N–H and O–H groups in total. The molecule has 0 radical (unpaired) electrons. The van der Waals surface area contributed by atoms with Crippen LogP contribution in [0.5, 0.6) is 11.5 Å². The lowest BCUT2D eigenvalue weighted by Gasteiger charge is -2.24. The van der Waals surface area contributed by atoms with Gasteiger partial charge in [-0.3, -0.25) is 49.3 Å². The maximum Gasteiger partial charge on any atom is 0.417 e. The molecule has 4 aliphatic heterocycles. The monoisotopic (exact) mass is 2110 g/mol. The summed E-state index contributed by atoms with van der Waals surface area (Å²) in [5, 5.41) is 69.6. The molecule has 4 unspecified atom stereocenters. The number of aliphatic imine (C=N–C) groups is 4. The van der Waals surface area contributed by atoms with Gasteiger partial charge in [0.05, 0.1) is 51.5 Å². The van der Waals surface area contributed by atoms with E-state index in [2.05, 4.69) is 92.4 Å². The Morgan fingerprint density at radius 2 is 1.01 bits per heavy atom. The summed E-state index contributed by atoms with van der Waals surface area (Å²) in [6.07, 6.45) is 7.39. The molecule has 4 aromatic heterocycles. The van der Waals surface area contributed by atoms with E-state index in [0.29, 0.717) is 74.5 Å². The molecular formula is C104H125Cl2N21O21S. The van der Waals surface area contributed by atoms with Crippen molar-refractivity contribution in [1.29, 1.82) is 0 Å². The molecule has 45 heteroatoms. The normalized spacial score (nSPS) is 17.2. The van der Waals surface area contributed by atoms with Gasteiger partial charge in [-0.2, -0.15) is 19.9 Å². The Morgan fingerprint density at radius 3 is 1.52 bits per heavy atom. The van der Waals surface area contributed by atoms with Crippen LogP contribution in [-0.4, -0.2) is 223 Å². The van der Waals surface area contributed by atoms with Crippen LogP contribution in [0.15, 0.2) is 187 Å². The number of carboxylic acid groups (broad SMARTS) is 5. The molecule has 1 fully saturated rings. The number of rotatable bonds is 24. The number of aromatic carboxylic acids is 5. The molecule has 5 aliphatic rings. The topological polar surface area (TPSA) is 587 Å². The SMILES string of the molecule is CC(C)C1(C)N=C(c2nc3ccccc3cc2C(=O)O)NC1=O.CC(C)C1(C)N=C(c2ncccc2C(=O)O)NC1=O.CCOC(=O)Nc1cccc(OC(=O)Nc2ccccc2)c1.CN(C)c1nc(=O)n(C2CCCCC2)c(=O)n1C.CNc1nc(NC(C)C)nc(SC)n1.COc1c(Cl)ccc(Cl)c1C(=O)O.Cc1ccc(C(=O)O)c(C2=NC(C)(C(C)C)C(=O)N2)c1.Cc1ccc(C2=NC(C)(C(C)C)C(=O)N2)c(C(=O)O)c1. The Balaban J connectivity index is 0.000000209. The minimum Gasteiger partial charge on any atom is -0.494 e. The van der Waals surface area contributed by atoms with Crippen molar-refractivity contribution in [2.75, 3.05) is 67.3 Å². The van der Waals surface area contributed by atoms with Crippen molar-refractivity contribution in [2.45, 2.75) is 189 Å². The number of methoxy groups -OCH3 is 1. The third-order valence-electron chi connectivity index (χ3n) is 24.4. The van der Waals surface area contributed by atoms with Crippen LogP contribution in [0.25, 0.3) is 10.9 Å². The first-order valence-corrected chi connectivity index (χ1v) is 49.2. The van der Waals surface area contributed by atoms with Crippen LogP contribution >= 0.6 is 35.0 Å². The summed E-state index contributed by atoms with van der Waals surface area (Å²) in [6.45, 7) is 32.0. The van der Waals surface area contributed by atoms with E-state index in [1.807, 2.05) is 114 Å². The molecule has 0 saturated heterocycles. The summed E-state index contributed by atoms with van der Waals surface area (Å²) in [4.78, 5) is 196. The molecule has 0 spiro atoms. The highest BCUT2D eigenvalue weighted by Crippen LogP contribution is 2.37. The number of para-hydroxylation sites is 2. The van der Waals surface area contributed by atoms with Gasteiger partial charge < -0.3 is 76.5 Å². The molecule has 15 rings (SSSR count). The van der Waals surface area contributed by atoms with Crippen molar-refractivity contribution in [3.63, 3.8) is 0 Å². The van der Waals surface area contributed by atoms with Crippen LogP contribution in [0.3, 0.4) is 0 Å². The van der Waals surface area contributed by atoms with Gasteiger partial charge >= 0.3 is 53.4 Å². The molecule has 10 aromatic rings. The zero-order valence-electron chi connectivity index (χ0n) is 86.9. The number of nitrogens with zero attached hydrogens (tertiary/aromatic N) is 13. The number of carbonyl (C=O) groups is 11. The number of fused-ring (bicyclic) bond motifs is 1. The van der Waals surface area contributed by atoms with Gasteiger partial charge in [0.15, 0.2) is 22.6 Å². The fourth-order valence-electron chi connectivity index (χ4n) is 14.6. The molecule has 1 aliphatic carbocycles. The van der Waals surface area contributed by atoms with Crippen LogP contribution in [-0.2, 0) is 31.0 Å². The fourth-order valence-corrected chi connectivity index (χ4v) is 15.5. The van der Waals surface area contributed by atoms with Gasteiger partial charge in [-0.25, -0.2) is 62.7 Å². The second-order valence-electron chi connectivity index (χ2n) is 36.8. The summed E-state index contributed by atoms with van der Waals surface area (Å²) < 4.78 is 17.5. The molecule has 1 saturated carbocycles. The predicted octanol–water partition coefficient (Wildman–Crippen LogP) is 15.8. The van der Waals surface area contributed by atoms with Crippen molar-refractivity contribution >= 4 is 164 Å². The highest BCUT2D eigenvalue weighted by molar-refractivity contribution is 7.98. The Hall–Kier alpha value is -15.9. The number of pyridine rings is 2. The van der Waals surface area contributed by atoms with E-state index in [-0.39, 0.29) is 132 Å². The van der Waals surface area contributed by atoms with Crippen LogP contribution in [0.1, 0.15) is 227 Å². The summed E-state index contributed by atoms with van der Waals surface area (Å²) in [5.41, 5.74) is 0.840. The minimum atomic E-state index is -1.16. The first kappa shape index (κ1) is 118. The molecule has 792 valence electrons. The highest BCUT2D eigenvalue weighted by Gasteiger charge is 2.47. The summed E-state index contributed by atoms with van der Waals surface area (Å²) >= 11 is 12.9. The molecule has 6 aromatic carbocycles. The molecule has 0 bridgehead atoms.